The monoisotopic (exact) mass is 397 g/mol. The summed E-state index contributed by atoms with van der Waals surface area (Å²) in [5, 5.41) is 2.99. The van der Waals surface area contributed by atoms with Crippen molar-refractivity contribution in [2.45, 2.75) is 57.9 Å². The Bertz CT molecular complexity index is 742. The van der Waals surface area contributed by atoms with Gasteiger partial charge in [0, 0.05) is 30.8 Å². The summed E-state index contributed by atoms with van der Waals surface area (Å²) in [5.41, 5.74) is 2.25. The van der Waals surface area contributed by atoms with Crippen molar-refractivity contribution in [3.05, 3.63) is 66.3 Å². The quantitative estimate of drug-likeness (QED) is 0.306. The van der Waals surface area contributed by atoms with Crippen molar-refractivity contribution < 1.29 is 14.3 Å². The Balaban J connectivity index is 1.69. The summed E-state index contributed by atoms with van der Waals surface area (Å²) in [4.78, 5) is 30.9. The first-order chi connectivity index (χ1) is 14.2. The van der Waals surface area contributed by atoms with Gasteiger partial charge in [-0.05, 0) is 31.7 Å². The fraction of sp³-hybridized carbons (Fsp3) is 0.435. The summed E-state index contributed by atoms with van der Waals surface area (Å²) < 4.78 is 4.91. The van der Waals surface area contributed by atoms with Crippen molar-refractivity contribution in [1.29, 1.82) is 0 Å². The van der Waals surface area contributed by atoms with E-state index in [0.717, 1.165) is 37.8 Å². The van der Waals surface area contributed by atoms with E-state index in [2.05, 4.69) is 39.6 Å². The van der Waals surface area contributed by atoms with Crippen molar-refractivity contribution in [3.8, 4) is 0 Å². The maximum Gasteiger partial charge on any atom is 0.330 e. The first-order valence-corrected chi connectivity index (χ1v) is 10.3. The number of hydrogen-bond acceptors (Lipinski definition) is 4. The summed E-state index contributed by atoms with van der Waals surface area (Å²) >= 11 is 0. The lowest BCUT2D eigenvalue weighted by Gasteiger charge is -2.14. The highest BCUT2D eigenvalue weighted by Crippen LogP contribution is 2.09. The Hall–Kier alpha value is -2.89. The number of ether oxygens (including phenoxy) is 1. The van der Waals surface area contributed by atoms with E-state index in [4.69, 9.17) is 4.74 Å². The van der Waals surface area contributed by atoms with Gasteiger partial charge in [-0.25, -0.2) is 9.78 Å². The molecule has 0 aliphatic rings. The first kappa shape index (κ1) is 22.4. The molecule has 0 aliphatic heterocycles. The zero-order valence-electron chi connectivity index (χ0n) is 17.1. The molecule has 1 aromatic carbocycles. The SMILES string of the molecule is CCOC(=O)/C=C/C(Cc1cnc[nH]1)NC(=O)CCCCCCc1ccccc1. The highest BCUT2D eigenvalue weighted by Gasteiger charge is 2.12. The maximum atomic E-state index is 12.3. The Labute approximate surface area is 172 Å². The van der Waals surface area contributed by atoms with E-state index in [0.29, 0.717) is 19.4 Å². The number of H-pyrrole nitrogens is 1. The van der Waals surface area contributed by atoms with E-state index in [1.165, 1.54) is 11.6 Å². The van der Waals surface area contributed by atoms with Gasteiger partial charge >= 0.3 is 5.97 Å². The summed E-state index contributed by atoms with van der Waals surface area (Å²) in [5.74, 6) is -0.416. The van der Waals surface area contributed by atoms with Crippen LogP contribution in [0.25, 0.3) is 0 Å². The van der Waals surface area contributed by atoms with Crippen molar-refractivity contribution in [2.75, 3.05) is 6.61 Å². The summed E-state index contributed by atoms with van der Waals surface area (Å²) in [6.45, 7) is 2.08. The fourth-order valence-electron chi connectivity index (χ4n) is 3.08. The number of aromatic nitrogens is 2. The van der Waals surface area contributed by atoms with E-state index >= 15 is 0 Å². The molecule has 0 aliphatic carbocycles. The molecule has 0 saturated heterocycles. The minimum atomic E-state index is -0.408. The van der Waals surface area contributed by atoms with Gasteiger partial charge in [0.1, 0.15) is 0 Å². The largest absolute Gasteiger partial charge is 0.463 e. The number of unbranched alkanes of at least 4 members (excludes halogenated alkanes) is 3. The predicted molar refractivity (Wildman–Crippen MR) is 113 cm³/mol. The van der Waals surface area contributed by atoms with Crippen LogP contribution in [0.2, 0.25) is 0 Å². The second-order valence-electron chi connectivity index (χ2n) is 6.97. The molecule has 1 aromatic heterocycles. The molecule has 0 saturated carbocycles. The van der Waals surface area contributed by atoms with Crippen LogP contribution in [-0.4, -0.2) is 34.5 Å². The Morgan fingerprint density at radius 2 is 1.97 bits per heavy atom. The summed E-state index contributed by atoms with van der Waals surface area (Å²) in [6.07, 6.45) is 12.6. The predicted octanol–water partition coefficient (Wildman–Crippen LogP) is 3.75. The van der Waals surface area contributed by atoms with Gasteiger partial charge in [-0.2, -0.15) is 0 Å². The van der Waals surface area contributed by atoms with E-state index in [9.17, 15) is 9.59 Å². The van der Waals surface area contributed by atoms with Gasteiger partial charge in [-0.15, -0.1) is 0 Å². The third-order valence-electron chi connectivity index (χ3n) is 4.55. The van der Waals surface area contributed by atoms with E-state index in [1.54, 1.807) is 25.5 Å². The lowest BCUT2D eigenvalue weighted by atomic mass is 10.1. The second kappa shape index (κ2) is 13.3. The van der Waals surface area contributed by atoms with Crippen LogP contribution in [-0.2, 0) is 27.2 Å². The molecule has 0 bridgehead atoms. The van der Waals surface area contributed by atoms with E-state index in [1.807, 2.05) is 6.07 Å². The zero-order valence-corrected chi connectivity index (χ0v) is 17.1. The van der Waals surface area contributed by atoms with Crippen LogP contribution in [0.15, 0.2) is 55.0 Å². The van der Waals surface area contributed by atoms with Gasteiger partial charge < -0.3 is 15.0 Å². The molecule has 1 atom stereocenters. The number of hydrogen-bond donors (Lipinski definition) is 2. The number of nitrogens with zero attached hydrogens (tertiary/aromatic N) is 1. The average molecular weight is 398 g/mol. The molecule has 1 unspecified atom stereocenters. The number of nitrogens with one attached hydrogen (secondary N) is 2. The number of aromatic amines is 1. The number of aryl methyl sites for hydroxylation is 1. The highest BCUT2D eigenvalue weighted by atomic mass is 16.5. The second-order valence-corrected chi connectivity index (χ2v) is 6.97. The van der Waals surface area contributed by atoms with Crippen molar-refractivity contribution in [2.24, 2.45) is 0 Å². The number of carbonyl (C=O) groups is 2. The maximum absolute atomic E-state index is 12.3. The number of imidazole rings is 1. The van der Waals surface area contributed by atoms with Crippen LogP contribution < -0.4 is 5.32 Å². The molecule has 2 aromatic rings. The molecule has 156 valence electrons. The number of rotatable bonds is 13. The van der Waals surface area contributed by atoms with E-state index < -0.39 is 5.97 Å². The van der Waals surface area contributed by atoms with Crippen LogP contribution in [0.1, 0.15) is 50.3 Å². The normalized spacial score (nSPS) is 12.0. The minimum Gasteiger partial charge on any atom is -0.463 e. The third-order valence-corrected chi connectivity index (χ3v) is 4.55. The number of benzene rings is 1. The molecular formula is C23H31N3O3. The summed E-state index contributed by atoms with van der Waals surface area (Å²) in [7, 11) is 0. The molecule has 29 heavy (non-hydrogen) atoms. The molecule has 0 fully saturated rings. The number of carbonyl (C=O) groups excluding carboxylic acids is 2. The van der Waals surface area contributed by atoms with Gasteiger partial charge in [-0.3, -0.25) is 4.79 Å². The van der Waals surface area contributed by atoms with Crippen LogP contribution in [0.3, 0.4) is 0 Å². The van der Waals surface area contributed by atoms with Gasteiger partial charge in [0.15, 0.2) is 0 Å². The number of esters is 1. The van der Waals surface area contributed by atoms with E-state index in [-0.39, 0.29) is 11.9 Å². The Morgan fingerprint density at radius 3 is 2.69 bits per heavy atom. The van der Waals surface area contributed by atoms with Gasteiger partial charge in [0.2, 0.25) is 5.91 Å². The first-order valence-electron chi connectivity index (χ1n) is 10.3. The Morgan fingerprint density at radius 1 is 1.17 bits per heavy atom. The average Bonchev–Trinajstić information content (AvgIpc) is 3.23. The molecule has 1 heterocycles. The topological polar surface area (TPSA) is 84.1 Å². The van der Waals surface area contributed by atoms with Crippen molar-refractivity contribution in [1.82, 2.24) is 15.3 Å². The molecule has 0 radical (unpaired) electrons. The molecule has 0 spiro atoms. The minimum absolute atomic E-state index is 0.00826. The van der Waals surface area contributed by atoms with Crippen molar-refractivity contribution in [3.63, 3.8) is 0 Å². The molecule has 2 rings (SSSR count). The molecule has 6 heteroatoms. The molecular weight excluding hydrogens is 366 g/mol. The lowest BCUT2D eigenvalue weighted by Crippen LogP contribution is -2.35. The van der Waals surface area contributed by atoms with Gasteiger partial charge in [0.05, 0.1) is 19.0 Å². The highest BCUT2D eigenvalue weighted by molar-refractivity contribution is 5.82. The summed E-state index contributed by atoms with van der Waals surface area (Å²) in [6, 6.07) is 10.2. The van der Waals surface area contributed by atoms with Gasteiger partial charge in [0.25, 0.3) is 0 Å². The molecule has 6 nitrogen and oxygen atoms in total. The standard InChI is InChI=1S/C23H31N3O3/c1-2-29-23(28)15-14-20(16-21-17-24-18-25-21)26-22(27)13-9-4-3-6-10-19-11-7-5-8-12-19/h5,7-8,11-12,14-15,17-18,20H,2-4,6,9-10,13,16H2,1H3,(H,24,25)(H,26,27)/b15-14+. The van der Waals surface area contributed by atoms with Crippen molar-refractivity contribution >= 4 is 11.9 Å². The van der Waals surface area contributed by atoms with Crippen LogP contribution in [0, 0.1) is 0 Å². The Kier molecular flexibility index (Phi) is 10.3. The smallest absolute Gasteiger partial charge is 0.330 e. The van der Waals surface area contributed by atoms with Crippen LogP contribution in [0.4, 0.5) is 0 Å². The van der Waals surface area contributed by atoms with Crippen LogP contribution in [0.5, 0.6) is 0 Å². The molecule has 1 amide bonds. The zero-order chi connectivity index (χ0) is 20.7. The fourth-order valence-corrected chi connectivity index (χ4v) is 3.08. The molecule has 2 N–H and O–H groups in total. The third kappa shape index (κ3) is 9.74. The van der Waals surface area contributed by atoms with Gasteiger partial charge in [-0.1, -0.05) is 49.2 Å². The van der Waals surface area contributed by atoms with Crippen LogP contribution >= 0.6 is 0 Å². The lowest BCUT2D eigenvalue weighted by molar-refractivity contribution is -0.137. The number of amides is 1.